The molecular weight excluding hydrogens is 242 g/mol. The molecule has 1 aromatic carbocycles. The zero-order valence-electron chi connectivity index (χ0n) is 14.3. The molecule has 0 aliphatic heterocycles. The van der Waals surface area contributed by atoms with E-state index in [0.717, 1.165) is 19.0 Å². The lowest BCUT2D eigenvalue weighted by atomic mass is 9.77. The third-order valence-electron chi connectivity index (χ3n) is 4.21. The van der Waals surface area contributed by atoms with Crippen LogP contribution in [-0.2, 0) is 6.42 Å². The number of aryl methyl sites for hydroxylation is 2. The predicted molar refractivity (Wildman–Crippen MR) is 90.3 cm³/mol. The maximum absolute atomic E-state index is 3.67. The Morgan fingerprint density at radius 1 is 1.15 bits per heavy atom. The van der Waals surface area contributed by atoms with Gasteiger partial charge in [-0.1, -0.05) is 52.3 Å². The molecule has 0 saturated heterocycles. The van der Waals surface area contributed by atoms with Crippen LogP contribution in [0.3, 0.4) is 0 Å². The Morgan fingerprint density at radius 3 is 2.25 bits per heavy atom. The van der Waals surface area contributed by atoms with E-state index in [9.17, 15) is 0 Å². The summed E-state index contributed by atoms with van der Waals surface area (Å²) in [6.45, 7) is 16.0. The zero-order chi connectivity index (χ0) is 15.2. The van der Waals surface area contributed by atoms with E-state index in [1.807, 2.05) is 0 Å². The smallest absolute Gasteiger partial charge is 0.000846 e. The summed E-state index contributed by atoms with van der Waals surface area (Å²) in [6, 6.07) is 6.66. The molecule has 0 spiro atoms. The van der Waals surface area contributed by atoms with Gasteiger partial charge in [0.2, 0.25) is 0 Å². The maximum Gasteiger partial charge on any atom is 0.000846 e. The number of hydrogen-bond acceptors (Lipinski definition) is 1. The van der Waals surface area contributed by atoms with Crippen LogP contribution < -0.4 is 5.32 Å². The van der Waals surface area contributed by atoms with E-state index in [-0.39, 0.29) is 0 Å². The monoisotopic (exact) mass is 275 g/mol. The number of hydrogen-bond donors (Lipinski definition) is 1. The molecule has 1 heteroatoms. The summed E-state index contributed by atoms with van der Waals surface area (Å²) in [6.07, 6.45) is 3.72. The third-order valence-corrected chi connectivity index (χ3v) is 4.21. The highest BCUT2D eigenvalue weighted by atomic mass is 14.9. The normalized spacial score (nSPS) is 14.6. The van der Waals surface area contributed by atoms with E-state index < -0.39 is 0 Å². The first-order chi connectivity index (χ1) is 9.38. The van der Waals surface area contributed by atoms with E-state index in [4.69, 9.17) is 0 Å². The minimum Gasteiger partial charge on any atom is -0.316 e. The van der Waals surface area contributed by atoms with Crippen LogP contribution in [-0.4, -0.2) is 13.1 Å². The van der Waals surface area contributed by atoms with Crippen molar-refractivity contribution in [2.45, 2.75) is 60.8 Å². The topological polar surface area (TPSA) is 12.0 Å². The van der Waals surface area contributed by atoms with Gasteiger partial charge >= 0.3 is 0 Å². The molecule has 0 fully saturated rings. The Morgan fingerprint density at radius 2 is 1.75 bits per heavy atom. The van der Waals surface area contributed by atoms with Gasteiger partial charge in [0.1, 0.15) is 0 Å². The van der Waals surface area contributed by atoms with Gasteiger partial charge in [0.25, 0.3) is 0 Å². The molecule has 0 heterocycles. The highest BCUT2D eigenvalue weighted by Gasteiger charge is 2.25. The molecular formula is C19H33N. The lowest BCUT2D eigenvalue weighted by Crippen LogP contribution is -2.35. The second-order valence-corrected chi connectivity index (χ2v) is 7.13. The van der Waals surface area contributed by atoms with Crippen molar-refractivity contribution in [3.8, 4) is 0 Å². The second-order valence-electron chi connectivity index (χ2n) is 7.13. The van der Waals surface area contributed by atoms with E-state index in [1.165, 1.54) is 30.4 Å². The molecule has 1 N–H and O–H groups in total. The van der Waals surface area contributed by atoms with E-state index in [2.05, 4.69) is 65.1 Å². The van der Waals surface area contributed by atoms with Crippen LogP contribution in [0.2, 0.25) is 0 Å². The van der Waals surface area contributed by atoms with E-state index >= 15 is 0 Å². The summed E-state index contributed by atoms with van der Waals surface area (Å²) in [4.78, 5) is 0. The summed E-state index contributed by atoms with van der Waals surface area (Å²) >= 11 is 0. The predicted octanol–water partition coefficient (Wildman–Crippen LogP) is 4.90. The Bertz CT molecular complexity index is 388. The van der Waals surface area contributed by atoms with Gasteiger partial charge in [-0.2, -0.15) is 0 Å². The van der Waals surface area contributed by atoms with Crippen LogP contribution >= 0.6 is 0 Å². The van der Waals surface area contributed by atoms with Crippen molar-refractivity contribution in [2.75, 3.05) is 13.1 Å². The fraction of sp³-hybridized carbons (Fsp3) is 0.684. The Balaban J connectivity index is 2.79. The molecule has 0 radical (unpaired) electrons. The van der Waals surface area contributed by atoms with Crippen molar-refractivity contribution in [1.29, 1.82) is 0 Å². The van der Waals surface area contributed by atoms with Crippen LogP contribution in [0.25, 0.3) is 0 Å². The maximum atomic E-state index is 3.67. The molecule has 0 aliphatic rings. The average Bonchev–Trinajstić information content (AvgIpc) is 2.34. The van der Waals surface area contributed by atoms with Crippen LogP contribution in [0.5, 0.6) is 0 Å². The summed E-state index contributed by atoms with van der Waals surface area (Å²) in [5, 5.41) is 3.67. The largest absolute Gasteiger partial charge is 0.316 e. The molecule has 1 nitrogen and oxygen atoms in total. The highest BCUT2D eigenvalue weighted by molar-refractivity contribution is 5.34. The van der Waals surface area contributed by atoms with Crippen molar-refractivity contribution >= 4 is 0 Å². The van der Waals surface area contributed by atoms with Gasteiger partial charge in [-0.15, -0.1) is 0 Å². The van der Waals surface area contributed by atoms with Gasteiger partial charge < -0.3 is 5.32 Å². The molecule has 0 bridgehead atoms. The molecule has 0 aliphatic carbocycles. The number of rotatable bonds is 8. The Hall–Kier alpha value is -0.820. The van der Waals surface area contributed by atoms with Crippen LogP contribution in [0, 0.1) is 25.2 Å². The minimum absolute atomic E-state index is 0.362. The highest BCUT2D eigenvalue weighted by Crippen LogP contribution is 2.30. The molecule has 1 atom stereocenters. The Kier molecular flexibility index (Phi) is 6.75. The third kappa shape index (κ3) is 5.28. The van der Waals surface area contributed by atoms with Crippen molar-refractivity contribution in [3.05, 3.63) is 34.9 Å². The molecule has 20 heavy (non-hydrogen) atoms. The van der Waals surface area contributed by atoms with Crippen molar-refractivity contribution in [2.24, 2.45) is 11.3 Å². The lowest BCUT2D eigenvalue weighted by Gasteiger charge is -2.31. The molecule has 0 amide bonds. The number of benzene rings is 1. The van der Waals surface area contributed by atoms with Gasteiger partial charge in [-0.3, -0.25) is 0 Å². The summed E-state index contributed by atoms with van der Waals surface area (Å²) < 4.78 is 0. The molecule has 1 rings (SSSR count). The summed E-state index contributed by atoms with van der Waals surface area (Å²) in [5.41, 5.74) is 4.79. The van der Waals surface area contributed by atoms with Gasteiger partial charge in [0.15, 0.2) is 0 Å². The Labute approximate surface area is 126 Å². The molecule has 0 saturated carbocycles. The van der Waals surface area contributed by atoms with Gasteiger partial charge in [0.05, 0.1) is 0 Å². The van der Waals surface area contributed by atoms with Crippen molar-refractivity contribution < 1.29 is 0 Å². The average molecular weight is 275 g/mol. The minimum atomic E-state index is 0.362. The SMILES string of the molecule is CCCC(C)(CNCC(C)C)Cc1c(C)cccc1C. The first-order valence-corrected chi connectivity index (χ1v) is 8.14. The molecule has 1 aromatic rings. The van der Waals surface area contributed by atoms with Gasteiger partial charge in [0, 0.05) is 6.54 Å². The first kappa shape index (κ1) is 17.2. The molecule has 0 aromatic heterocycles. The van der Waals surface area contributed by atoms with Crippen molar-refractivity contribution in [3.63, 3.8) is 0 Å². The van der Waals surface area contributed by atoms with E-state index in [0.29, 0.717) is 5.41 Å². The summed E-state index contributed by atoms with van der Waals surface area (Å²) in [5.74, 6) is 0.723. The quantitative estimate of drug-likeness (QED) is 0.711. The standard InChI is InChI=1S/C19H33N/c1-7-11-19(6,14-20-13-15(2)3)12-18-16(4)9-8-10-17(18)5/h8-10,15,20H,7,11-14H2,1-6H3. The number of nitrogens with one attached hydrogen (secondary N) is 1. The first-order valence-electron chi connectivity index (χ1n) is 8.14. The second kappa shape index (κ2) is 7.83. The fourth-order valence-electron chi connectivity index (χ4n) is 3.06. The van der Waals surface area contributed by atoms with Crippen LogP contribution in [0.4, 0.5) is 0 Å². The molecule has 114 valence electrons. The van der Waals surface area contributed by atoms with E-state index in [1.54, 1.807) is 5.56 Å². The van der Waals surface area contributed by atoms with Crippen LogP contribution in [0.15, 0.2) is 18.2 Å². The van der Waals surface area contributed by atoms with Crippen molar-refractivity contribution in [1.82, 2.24) is 5.32 Å². The lowest BCUT2D eigenvalue weighted by molar-refractivity contribution is 0.270. The fourth-order valence-corrected chi connectivity index (χ4v) is 3.06. The molecule has 1 unspecified atom stereocenters. The summed E-state index contributed by atoms with van der Waals surface area (Å²) in [7, 11) is 0. The zero-order valence-corrected chi connectivity index (χ0v) is 14.3. The van der Waals surface area contributed by atoms with Gasteiger partial charge in [-0.25, -0.2) is 0 Å². The van der Waals surface area contributed by atoms with Crippen LogP contribution in [0.1, 0.15) is 57.2 Å². The van der Waals surface area contributed by atoms with Gasteiger partial charge in [-0.05, 0) is 61.3 Å².